The Hall–Kier alpha value is -3.32. The molecule has 0 radical (unpaired) electrons. The number of alkyl halides is 1. The molecule has 14 heteroatoms. The Morgan fingerprint density at radius 2 is 1.78 bits per heavy atom. The lowest BCUT2D eigenvalue weighted by Crippen LogP contribution is -2.37. The second kappa shape index (κ2) is 15.1. The van der Waals surface area contributed by atoms with Crippen molar-refractivity contribution in [3.8, 4) is 5.75 Å². The average Bonchev–Trinajstić information content (AvgIpc) is 3.50. The van der Waals surface area contributed by atoms with Crippen LogP contribution in [0.2, 0.25) is 0 Å². The fourth-order valence-electron chi connectivity index (χ4n) is 4.54. The first-order chi connectivity index (χ1) is 19.6. The summed E-state index contributed by atoms with van der Waals surface area (Å²) in [5.41, 5.74) is 0.834. The van der Waals surface area contributed by atoms with Crippen molar-refractivity contribution in [2.75, 3.05) is 58.9 Å². The van der Waals surface area contributed by atoms with E-state index >= 15 is 0 Å². The largest absolute Gasteiger partial charge is 0.480 e. The van der Waals surface area contributed by atoms with Crippen LogP contribution in [0.4, 0.5) is 22.2 Å². The zero-order valence-corrected chi connectivity index (χ0v) is 25.3. The maximum Gasteiger partial charge on any atom is 0.415 e. The lowest BCUT2D eigenvalue weighted by atomic mass is 10.1. The number of nitrogens with one attached hydrogen (secondary N) is 1. The minimum atomic E-state index is -3.77. The van der Waals surface area contributed by atoms with Gasteiger partial charge in [0.25, 0.3) is 0 Å². The van der Waals surface area contributed by atoms with Crippen molar-refractivity contribution < 1.29 is 27.9 Å². The van der Waals surface area contributed by atoms with E-state index < -0.39 is 28.1 Å². The zero-order valence-electron chi connectivity index (χ0n) is 23.8. The van der Waals surface area contributed by atoms with E-state index in [1.165, 1.54) is 10.5 Å². The molecular weight excluding hydrogens is 572 g/mol. The summed E-state index contributed by atoms with van der Waals surface area (Å²) < 4.78 is 32.9. The summed E-state index contributed by atoms with van der Waals surface area (Å²) in [6, 6.07) is 5.50. The first kappa shape index (κ1) is 32.2. The molecule has 1 fully saturated rings. The number of sulfonamides is 1. The van der Waals surface area contributed by atoms with Crippen molar-refractivity contribution in [1.82, 2.24) is 14.9 Å². The second-order valence-electron chi connectivity index (χ2n) is 9.54. The summed E-state index contributed by atoms with van der Waals surface area (Å²) in [5, 5.41) is 13.1. The second-order valence-corrected chi connectivity index (χ2v) is 11.9. The van der Waals surface area contributed by atoms with Crippen molar-refractivity contribution in [2.45, 2.75) is 52.5 Å². The monoisotopic (exact) mass is 610 g/mol. The molecule has 41 heavy (non-hydrogen) atoms. The number of aromatic nitrogens is 2. The van der Waals surface area contributed by atoms with Crippen LogP contribution in [-0.4, -0.2) is 90.9 Å². The number of carboxylic acid groups (broad SMARTS) is 1. The Labute approximate surface area is 246 Å². The quantitative estimate of drug-likeness (QED) is 0.285. The molecule has 1 saturated heterocycles. The summed E-state index contributed by atoms with van der Waals surface area (Å²) in [4.78, 5) is 37.1. The van der Waals surface area contributed by atoms with Crippen LogP contribution < -0.4 is 19.3 Å². The highest BCUT2D eigenvalue weighted by Gasteiger charge is 2.28. The highest BCUT2D eigenvalue weighted by Crippen LogP contribution is 2.29. The summed E-state index contributed by atoms with van der Waals surface area (Å²) in [6.07, 6.45) is 3.25. The predicted molar refractivity (Wildman–Crippen MR) is 160 cm³/mol. The van der Waals surface area contributed by atoms with Gasteiger partial charge in [-0.3, -0.25) is 4.31 Å². The van der Waals surface area contributed by atoms with Crippen LogP contribution >= 0.6 is 11.6 Å². The number of nitrogens with zero attached hydrogens (tertiary/aromatic N) is 5. The van der Waals surface area contributed by atoms with Crippen LogP contribution in [0.25, 0.3) is 0 Å². The van der Waals surface area contributed by atoms with Crippen LogP contribution in [0.5, 0.6) is 5.75 Å². The van der Waals surface area contributed by atoms with Gasteiger partial charge in [0.05, 0.1) is 11.9 Å². The number of carbonyl (C=O) groups excluding carboxylic acids is 1. The van der Waals surface area contributed by atoms with Crippen molar-refractivity contribution in [3.05, 3.63) is 36.0 Å². The smallest absolute Gasteiger partial charge is 0.415 e. The van der Waals surface area contributed by atoms with Crippen molar-refractivity contribution in [1.29, 1.82) is 0 Å². The number of amides is 1. The lowest BCUT2D eigenvalue weighted by Gasteiger charge is -2.27. The molecule has 2 aromatic rings. The van der Waals surface area contributed by atoms with Gasteiger partial charge < -0.3 is 25.0 Å². The van der Waals surface area contributed by atoms with Crippen LogP contribution in [0.3, 0.4) is 0 Å². The minimum Gasteiger partial charge on any atom is -0.480 e. The van der Waals surface area contributed by atoms with Gasteiger partial charge in [-0.25, -0.2) is 23.0 Å². The summed E-state index contributed by atoms with van der Waals surface area (Å²) >= 11 is 5.75. The van der Waals surface area contributed by atoms with Gasteiger partial charge in [-0.15, -0.1) is 11.6 Å². The third-order valence-electron chi connectivity index (χ3n) is 6.77. The van der Waals surface area contributed by atoms with E-state index in [2.05, 4.69) is 15.3 Å². The molecule has 2 heterocycles. The molecule has 1 atom stereocenters. The first-order valence-electron chi connectivity index (χ1n) is 13.9. The average molecular weight is 611 g/mol. The topological polar surface area (TPSA) is 145 Å². The molecule has 0 bridgehead atoms. The van der Waals surface area contributed by atoms with E-state index in [9.17, 15) is 23.1 Å². The normalized spacial score (nSPS) is 14.0. The fraction of sp³-hybridized carbons (Fsp3) is 0.556. The fourth-order valence-corrected chi connectivity index (χ4v) is 6.39. The molecule has 0 unspecified atom stereocenters. The van der Waals surface area contributed by atoms with Gasteiger partial charge in [0.15, 0.2) is 5.82 Å². The molecule has 226 valence electrons. The molecule has 3 rings (SSSR count). The Balaban J connectivity index is 1.87. The predicted octanol–water partition coefficient (Wildman–Crippen LogP) is 3.81. The van der Waals surface area contributed by atoms with E-state index in [0.717, 1.165) is 12.8 Å². The van der Waals surface area contributed by atoms with Crippen molar-refractivity contribution in [2.24, 2.45) is 0 Å². The highest BCUT2D eigenvalue weighted by atomic mass is 35.5. The minimum absolute atomic E-state index is 0.0604. The van der Waals surface area contributed by atoms with E-state index in [1.54, 1.807) is 36.1 Å². The molecule has 1 aliphatic heterocycles. The number of hydrogen-bond acceptors (Lipinski definition) is 9. The molecule has 0 saturated carbocycles. The molecule has 1 amide bonds. The molecule has 1 aliphatic rings. The van der Waals surface area contributed by atoms with Gasteiger partial charge in [0.1, 0.15) is 17.5 Å². The molecule has 0 aliphatic carbocycles. The summed E-state index contributed by atoms with van der Waals surface area (Å²) in [5.74, 6) is -0.301. The molecular formula is C27H39ClN6O6S. The number of likely N-dealkylation sites (tertiary alicyclic amines) is 1. The van der Waals surface area contributed by atoms with Crippen LogP contribution in [0, 0.1) is 0 Å². The maximum absolute atomic E-state index is 13.1. The SMILES string of the molecule is CCN(CC)c1ncc(N(CC)S(=O)(=O)CCCCl)c(N[C@@H](Cc2ccc(OC(=O)N3CCCC3)cc2)C(=O)O)n1. The van der Waals surface area contributed by atoms with Crippen molar-refractivity contribution >= 4 is 51.1 Å². The number of hydrogen-bond donors (Lipinski definition) is 2. The number of anilines is 3. The third kappa shape index (κ3) is 8.59. The Morgan fingerprint density at radius 3 is 2.34 bits per heavy atom. The van der Waals surface area contributed by atoms with Crippen LogP contribution in [0.1, 0.15) is 45.6 Å². The van der Waals surface area contributed by atoms with Crippen LogP contribution in [0.15, 0.2) is 30.5 Å². The number of carboxylic acids is 1. The van der Waals surface area contributed by atoms with E-state index in [-0.39, 0.29) is 42.5 Å². The van der Waals surface area contributed by atoms with Crippen LogP contribution in [-0.2, 0) is 21.2 Å². The third-order valence-corrected chi connectivity index (χ3v) is 8.97. The van der Waals surface area contributed by atoms with Gasteiger partial charge in [-0.1, -0.05) is 12.1 Å². The van der Waals surface area contributed by atoms with E-state index in [4.69, 9.17) is 16.3 Å². The van der Waals surface area contributed by atoms with Gasteiger partial charge in [-0.05, 0) is 57.7 Å². The lowest BCUT2D eigenvalue weighted by molar-refractivity contribution is -0.137. The summed E-state index contributed by atoms with van der Waals surface area (Å²) in [7, 11) is -3.77. The van der Waals surface area contributed by atoms with Gasteiger partial charge in [-0.2, -0.15) is 4.98 Å². The van der Waals surface area contributed by atoms with E-state index in [1.807, 2.05) is 18.7 Å². The molecule has 1 aromatic carbocycles. The number of carbonyl (C=O) groups is 2. The first-order valence-corrected chi connectivity index (χ1v) is 16.0. The van der Waals surface area contributed by atoms with Gasteiger partial charge >= 0.3 is 12.1 Å². The molecule has 12 nitrogen and oxygen atoms in total. The summed E-state index contributed by atoms with van der Waals surface area (Å²) in [6.45, 7) is 8.23. The Morgan fingerprint density at radius 1 is 1.12 bits per heavy atom. The number of aliphatic carboxylic acids is 1. The number of benzene rings is 1. The number of rotatable bonds is 15. The number of ether oxygens (including phenoxy) is 1. The molecule has 0 spiro atoms. The van der Waals surface area contributed by atoms with Crippen molar-refractivity contribution in [3.63, 3.8) is 0 Å². The Kier molecular flexibility index (Phi) is 11.8. The van der Waals surface area contributed by atoms with Gasteiger partial charge in [0.2, 0.25) is 16.0 Å². The number of halogens is 1. The highest BCUT2D eigenvalue weighted by molar-refractivity contribution is 7.92. The van der Waals surface area contributed by atoms with E-state index in [0.29, 0.717) is 43.4 Å². The zero-order chi connectivity index (χ0) is 30.0. The Bertz CT molecular complexity index is 1270. The molecule has 2 N–H and O–H groups in total. The van der Waals surface area contributed by atoms with Gasteiger partial charge in [0, 0.05) is 45.0 Å². The maximum atomic E-state index is 13.1. The molecule has 1 aromatic heterocycles. The standard InChI is InChI=1S/C27H39ClN6O6S/c1-4-32(5-2)26-29-19-23(34(6-3)41(38,39)17-9-14-28)24(31-26)30-22(25(35)36)18-20-10-12-21(13-11-20)40-27(37)33-15-7-8-16-33/h10-13,19,22H,4-9,14-18H2,1-3H3,(H,35,36)(H,29,30,31)/t22-/m0/s1.